The third kappa shape index (κ3) is 4.64. The van der Waals surface area contributed by atoms with Crippen molar-refractivity contribution in [2.75, 3.05) is 14.2 Å². The van der Waals surface area contributed by atoms with E-state index >= 15 is 0 Å². The summed E-state index contributed by atoms with van der Waals surface area (Å²) in [6.07, 6.45) is -3.97. The second kappa shape index (κ2) is 9.74. The van der Waals surface area contributed by atoms with Gasteiger partial charge in [-0.1, -0.05) is 0 Å². The van der Waals surface area contributed by atoms with Gasteiger partial charge in [0.15, 0.2) is 6.29 Å². The highest BCUT2D eigenvalue weighted by Crippen LogP contribution is 2.30. The Hall–Kier alpha value is -0.890. The molecule has 11 heteroatoms. The summed E-state index contributed by atoms with van der Waals surface area (Å²) >= 11 is 0. The van der Waals surface area contributed by atoms with Crippen LogP contribution in [0, 0.1) is 0 Å². The van der Waals surface area contributed by atoms with E-state index in [1.165, 1.54) is 14.0 Å². The van der Waals surface area contributed by atoms with E-state index in [1.807, 2.05) is 6.92 Å². The van der Waals surface area contributed by atoms with Gasteiger partial charge in [0, 0.05) is 20.1 Å². The predicted molar refractivity (Wildman–Crippen MR) is 101 cm³/mol. The van der Waals surface area contributed by atoms with Crippen LogP contribution in [-0.4, -0.2) is 96.3 Å². The molecule has 10 unspecified atom stereocenters. The van der Waals surface area contributed by atoms with E-state index in [0.717, 1.165) is 5.01 Å². The maximum absolute atomic E-state index is 11.8. The summed E-state index contributed by atoms with van der Waals surface area (Å²) in [4.78, 5) is 11.8. The first kappa shape index (κ1) is 23.4. The number of ether oxygens (including phenoxy) is 3. The van der Waals surface area contributed by atoms with Crippen molar-refractivity contribution in [2.24, 2.45) is 17.3 Å². The Morgan fingerprint density at radius 3 is 2.43 bits per heavy atom. The number of rotatable bonds is 6. The Morgan fingerprint density at radius 1 is 1.29 bits per heavy atom. The number of carbonyl (C=O) groups excluding carboxylic acids is 1. The molecule has 1 saturated carbocycles. The maximum Gasteiger partial charge on any atom is 0.233 e. The number of aliphatic hydroxyl groups is 2. The highest BCUT2D eigenvalue weighted by molar-refractivity contribution is 5.72. The molecule has 2 fully saturated rings. The number of amides is 1. The van der Waals surface area contributed by atoms with Gasteiger partial charge < -0.3 is 41.2 Å². The molecule has 0 aromatic heterocycles. The van der Waals surface area contributed by atoms with E-state index < -0.39 is 48.8 Å². The lowest BCUT2D eigenvalue weighted by Gasteiger charge is -2.48. The predicted octanol–water partition coefficient (Wildman–Crippen LogP) is -3.02. The zero-order valence-corrected chi connectivity index (χ0v) is 16.9. The number of aliphatic hydroxyl groups excluding tert-OH is 2. The first-order chi connectivity index (χ1) is 13.1. The van der Waals surface area contributed by atoms with Gasteiger partial charge in [-0.05, 0) is 26.8 Å². The zero-order valence-electron chi connectivity index (χ0n) is 16.9. The lowest BCUT2D eigenvalue weighted by molar-refractivity contribution is -0.276. The molecule has 0 radical (unpaired) electrons. The van der Waals surface area contributed by atoms with E-state index in [9.17, 15) is 15.0 Å². The van der Waals surface area contributed by atoms with Gasteiger partial charge in [-0.15, -0.1) is 0 Å². The van der Waals surface area contributed by atoms with Crippen molar-refractivity contribution >= 4 is 5.91 Å². The minimum Gasteiger partial charge on any atom is -0.389 e. The summed E-state index contributed by atoms with van der Waals surface area (Å²) in [6.45, 7) is 3.16. The lowest BCUT2D eigenvalue weighted by Crippen LogP contribution is -2.71. The van der Waals surface area contributed by atoms with Crippen molar-refractivity contribution < 1.29 is 29.2 Å². The normalized spacial score (nSPS) is 42.8. The summed E-state index contributed by atoms with van der Waals surface area (Å²) in [5.74, 6) is 5.57. The molecule has 10 atom stereocenters. The van der Waals surface area contributed by atoms with Crippen LogP contribution in [0.2, 0.25) is 0 Å². The third-order valence-electron chi connectivity index (χ3n) is 5.74. The van der Waals surface area contributed by atoms with Gasteiger partial charge in [-0.25, -0.2) is 5.84 Å². The van der Waals surface area contributed by atoms with Gasteiger partial charge in [0.25, 0.3) is 0 Å². The van der Waals surface area contributed by atoms with E-state index in [4.69, 9.17) is 31.5 Å². The summed E-state index contributed by atoms with van der Waals surface area (Å²) in [6, 6.07) is -2.38. The molecule has 1 amide bonds. The van der Waals surface area contributed by atoms with Crippen LogP contribution in [0.5, 0.6) is 0 Å². The van der Waals surface area contributed by atoms with Crippen molar-refractivity contribution in [1.29, 1.82) is 0 Å². The fourth-order valence-corrected chi connectivity index (χ4v) is 4.01. The number of nitrogens with two attached hydrogens (primary N) is 3. The SMILES string of the molecule is CNC1C(O)C(OC2OC(C(C)N)CCC2N(N)C(C)=O)C(N)C(O)C1OC. The summed E-state index contributed by atoms with van der Waals surface area (Å²) < 4.78 is 17.3. The number of likely N-dealkylation sites (N-methyl/N-ethyl adjacent to an activating group) is 1. The Kier molecular flexibility index (Phi) is 8.14. The number of carbonyl (C=O) groups is 1. The van der Waals surface area contributed by atoms with E-state index in [1.54, 1.807) is 7.05 Å². The van der Waals surface area contributed by atoms with Crippen LogP contribution in [0.25, 0.3) is 0 Å². The van der Waals surface area contributed by atoms with Gasteiger partial charge >= 0.3 is 0 Å². The number of nitrogens with zero attached hydrogens (tertiary/aromatic N) is 1. The van der Waals surface area contributed by atoms with Crippen LogP contribution in [0.15, 0.2) is 0 Å². The molecule has 11 nitrogen and oxygen atoms in total. The van der Waals surface area contributed by atoms with Gasteiger partial charge in [0.1, 0.15) is 12.2 Å². The maximum atomic E-state index is 11.8. The van der Waals surface area contributed by atoms with Crippen molar-refractivity contribution in [2.45, 2.75) is 87.7 Å². The molecule has 1 heterocycles. The van der Waals surface area contributed by atoms with E-state index in [0.29, 0.717) is 12.8 Å². The largest absolute Gasteiger partial charge is 0.389 e. The topological polar surface area (TPSA) is 179 Å². The Morgan fingerprint density at radius 2 is 1.93 bits per heavy atom. The minimum atomic E-state index is -1.09. The molecular weight excluding hydrogens is 370 g/mol. The zero-order chi connectivity index (χ0) is 21.2. The Balaban J connectivity index is 2.24. The fraction of sp³-hybridized carbons (Fsp3) is 0.941. The molecule has 164 valence electrons. The Labute approximate surface area is 165 Å². The van der Waals surface area contributed by atoms with Gasteiger partial charge in [0.2, 0.25) is 5.91 Å². The van der Waals surface area contributed by atoms with Crippen LogP contribution in [0.3, 0.4) is 0 Å². The molecule has 2 aliphatic rings. The lowest BCUT2D eigenvalue weighted by atomic mass is 9.81. The van der Waals surface area contributed by atoms with Crippen molar-refractivity contribution in [1.82, 2.24) is 10.3 Å². The number of nitrogens with one attached hydrogen (secondary N) is 1. The third-order valence-corrected chi connectivity index (χ3v) is 5.74. The van der Waals surface area contributed by atoms with Crippen LogP contribution < -0.4 is 22.6 Å². The molecule has 0 aromatic carbocycles. The van der Waals surface area contributed by atoms with Crippen molar-refractivity contribution in [3.05, 3.63) is 0 Å². The second-order valence-corrected chi connectivity index (χ2v) is 7.65. The van der Waals surface area contributed by atoms with Crippen LogP contribution >= 0.6 is 0 Å². The summed E-state index contributed by atoms with van der Waals surface area (Å²) in [5, 5.41) is 25.3. The van der Waals surface area contributed by atoms with E-state index in [-0.39, 0.29) is 18.1 Å². The smallest absolute Gasteiger partial charge is 0.233 e. The summed E-state index contributed by atoms with van der Waals surface area (Å²) in [5.41, 5.74) is 12.1. The first-order valence-corrected chi connectivity index (χ1v) is 9.56. The number of hydrogen-bond acceptors (Lipinski definition) is 10. The van der Waals surface area contributed by atoms with Crippen LogP contribution in [0.4, 0.5) is 0 Å². The second-order valence-electron chi connectivity index (χ2n) is 7.65. The number of methoxy groups -OCH3 is 1. The molecule has 1 aliphatic carbocycles. The average Bonchev–Trinajstić information content (AvgIpc) is 2.66. The molecular formula is C17H35N5O6. The molecule has 9 N–H and O–H groups in total. The standard InChI is InChI=1S/C17H35N5O6/c1-7(18)10-6-5-9(22(20)8(2)23)17(27-10)28-15-11(19)13(24)16(26-4)12(21-3)14(15)25/h7,9-17,21,24-25H,5-6,18-20H2,1-4H3. The van der Waals surface area contributed by atoms with Crippen LogP contribution in [0.1, 0.15) is 26.7 Å². The molecule has 1 aliphatic heterocycles. The quantitative estimate of drug-likeness (QED) is 0.151. The fourth-order valence-electron chi connectivity index (χ4n) is 4.01. The van der Waals surface area contributed by atoms with Crippen LogP contribution in [-0.2, 0) is 19.0 Å². The molecule has 0 bridgehead atoms. The number of hydrazine groups is 1. The minimum absolute atomic E-state index is 0.255. The summed E-state index contributed by atoms with van der Waals surface area (Å²) in [7, 11) is 3.08. The van der Waals surface area contributed by atoms with E-state index in [2.05, 4.69) is 5.32 Å². The monoisotopic (exact) mass is 405 g/mol. The highest BCUT2D eigenvalue weighted by Gasteiger charge is 2.51. The van der Waals surface area contributed by atoms with Crippen molar-refractivity contribution in [3.63, 3.8) is 0 Å². The van der Waals surface area contributed by atoms with Gasteiger partial charge in [-0.2, -0.15) is 0 Å². The molecule has 2 rings (SSSR count). The van der Waals surface area contributed by atoms with Gasteiger partial charge in [-0.3, -0.25) is 9.80 Å². The van der Waals surface area contributed by atoms with Gasteiger partial charge in [0.05, 0.1) is 36.4 Å². The molecule has 1 saturated heterocycles. The number of hydrogen-bond donors (Lipinski definition) is 6. The Bertz CT molecular complexity index is 526. The molecule has 28 heavy (non-hydrogen) atoms. The molecule has 0 spiro atoms. The molecule has 0 aromatic rings. The van der Waals surface area contributed by atoms with Crippen molar-refractivity contribution in [3.8, 4) is 0 Å². The highest BCUT2D eigenvalue weighted by atomic mass is 16.7. The first-order valence-electron chi connectivity index (χ1n) is 9.56. The average molecular weight is 405 g/mol.